The molecule has 0 atom stereocenters. The molecule has 3 heterocycles. The molecule has 1 aliphatic heterocycles. The highest BCUT2D eigenvalue weighted by Gasteiger charge is 2.25. The fourth-order valence-corrected chi connectivity index (χ4v) is 3.79. The molecule has 8 heteroatoms. The summed E-state index contributed by atoms with van der Waals surface area (Å²) in [5.41, 5.74) is 2.24. The predicted molar refractivity (Wildman–Crippen MR) is 115 cm³/mol. The number of hydrogen-bond acceptors (Lipinski definition) is 6. The third-order valence-corrected chi connectivity index (χ3v) is 5.81. The molecule has 0 saturated carbocycles. The van der Waals surface area contributed by atoms with E-state index >= 15 is 0 Å². The first-order valence-electron chi connectivity index (χ1n) is 10.6. The van der Waals surface area contributed by atoms with E-state index in [2.05, 4.69) is 25.3 Å². The van der Waals surface area contributed by atoms with Crippen LogP contribution < -0.4 is 10.2 Å². The van der Waals surface area contributed by atoms with Crippen LogP contribution in [0.25, 0.3) is 0 Å². The molecule has 2 aromatic heterocycles. The van der Waals surface area contributed by atoms with Crippen molar-refractivity contribution < 1.29 is 4.79 Å². The van der Waals surface area contributed by atoms with Gasteiger partial charge in [0.2, 0.25) is 11.9 Å². The standard InChI is InChI=1S/C21H33N7O/c1-5-22-21-23-10-7-19(25-21)28-11-8-17(9-12-28)13-20(29)27(6-2)15-18-14-24-26(4)16(18)3/h7,10,14,17H,5-6,8-9,11-13,15H2,1-4H3,(H,22,23,25). The van der Waals surface area contributed by atoms with E-state index in [1.807, 2.05) is 49.7 Å². The molecule has 0 aromatic carbocycles. The molecule has 2 aromatic rings. The Morgan fingerprint density at radius 3 is 2.69 bits per heavy atom. The highest BCUT2D eigenvalue weighted by atomic mass is 16.2. The van der Waals surface area contributed by atoms with Crippen LogP contribution in [0.4, 0.5) is 11.8 Å². The Labute approximate surface area is 173 Å². The number of nitrogens with zero attached hydrogens (tertiary/aromatic N) is 6. The monoisotopic (exact) mass is 399 g/mol. The number of anilines is 2. The van der Waals surface area contributed by atoms with Crippen molar-refractivity contribution in [2.24, 2.45) is 13.0 Å². The van der Waals surface area contributed by atoms with E-state index in [4.69, 9.17) is 0 Å². The second-order valence-electron chi connectivity index (χ2n) is 7.69. The number of aryl methyl sites for hydroxylation is 1. The molecule has 8 nitrogen and oxygen atoms in total. The van der Waals surface area contributed by atoms with E-state index in [9.17, 15) is 4.79 Å². The molecule has 1 amide bonds. The second kappa shape index (κ2) is 9.71. The number of rotatable bonds is 8. The smallest absolute Gasteiger partial charge is 0.224 e. The number of carbonyl (C=O) groups excluding carboxylic acids is 1. The average Bonchev–Trinajstić information content (AvgIpc) is 3.05. The number of aromatic nitrogens is 4. The molecule has 0 bridgehead atoms. The quantitative estimate of drug-likeness (QED) is 0.735. The number of piperidine rings is 1. The minimum atomic E-state index is 0.241. The van der Waals surface area contributed by atoms with E-state index in [1.165, 1.54) is 0 Å². The molecular weight excluding hydrogens is 366 g/mol. The van der Waals surface area contributed by atoms with Gasteiger partial charge in [-0.1, -0.05) is 0 Å². The van der Waals surface area contributed by atoms with Crippen molar-refractivity contribution in [2.45, 2.75) is 46.6 Å². The highest BCUT2D eigenvalue weighted by molar-refractivity contribution is 5.76. The molecule has 1 saturated heterocycles. The van der Waals surface area contributed by atoms with Gasteiger partial charge in [-0.25, -0.2) is 4.98 Å². The SMILES string of the molecule is CCNc1nccc(N2CCC(CC(=O)N(CC)Cc3cnn(C)c3C)CC2)n1. The molecule has 0 unspecified atom stereocenters. The summed E-state index contributed by atoms with van der Waals surface area (Å²) in [4.78, 5) is 26.0. The van der Waals surface area contributed by atoms with Gasteiger partial charge in [-0.3, -0.25) is 9.48 Å². The van der Waals surface area contributed by atoms with Crippen molar-refractivity contribution in [3.8, 4) is 0 Å². The van der Waals surface area contributed by atoms with Crippen LogP contribution in [0.3, 0.4) is 0 Å². The summed E-state index contributed by atoms with van der Waals surface area (Å²) >= 11 is 0. The van der Waals surface area contributed by atoms with Crippen LogP contribution in [0.1, 0.15) is 44.4 Å². The van der Waals surface area contributed by atoms with Gasteiger partial charge >= 0.3 is 0 Å². The molecule has 29 heavy (non-hydrogen) atoms. The zero-order chi connectivity index (χ0) is 20.8. The van der Waals surface area contributed by atoms with E-state index in [-0.39, 0.29) is 5.91 Å². The third-order valence-electron chi connectivity index (χ3n) is 5.81. The van der Waals surface area contributed by atoms with E-state index in [1.54, 1.807) is 6.20 Å². The molecule has 1 aliphatic rings. The Bertz CT molecular complexity index is 811. The maximum atomic E-state index is 12.9. The molecule has 0 aliphatic carbocycles. The van der Waals surface area contributed by atoms with Gasteiger partial charge in [0.15, 0.2) is 0 Å². The average molecular weight is 400 g/mol. The van der Waals surface area contributed by atoms with Crippen molar-refractivity contribution in [3.05, 3.63) is 29.7 Å². The second-order valence-corrected chi connectivity index (χ2v) is 7.69. The van der Waals surface area contributed by atoms with Gasteiger partial charge in [-0.05, 0) is 45.6 Å². The summed E-state index contributed by atoms with van der Waals surface area (Å²) in [5, 5.41) is 7.45. The number of amides is 1. The van der Waals surface area contributed by atoms with Gasteiger partial charge in [0.1, 0.15) is 5.82 Å². The van der Waals surface area contributed by atoms with Crippen molar-refractivity contribution >= 4 is 17.7 Å². The maximum Gasteiger partial charge on any atom is 0.224 e. The van der Waals surface area contributed by atoms with Crippen LogP contribution in [0, 0.1) is 12.8 Å². The van der Waals surface area contributed by atoms with Gasteiger partial charge in [-0.2, -0.15) is 10.1 Å². The Hall–Kier alpha value is -2.64. The molecule has 158 valence electrons. The molecule has 1 N–H and O–H groups in total. The third kappa shape index (κ3) is 5.25. The Balaban J connectivity index is 1.52. The summed E-state index contributed by atoms with van der Waals surface area (Å²) in [7, 11) is 1.93. The summed E-state index contributed by atoms with van der Waals surface area (Å²) in [6.45, 7) is 10.1. The molecule has 3 rings (SSSR count). The van der Waals surface area contributed by atoms with Gasteiger partial charge in [0.25, 0.3) is 0 Å². The normalized spacial score (nSPS) is 14.8. The first kappa shape index (κ1) is 21.1. The van der Waals surface area contributed by atoms with Crippen molar-refractivity contribution in [1.29, 1.82) is 0 Å². The fraction of sp³-hybridized carbons (Fsp3) is 0.619. The van der Waals surface area contributed by atoms with Crippen LogP contribution in [0.15, 0.2) is 18.5 Å². The Morgan fingerprint density at radius 2 is 2.07 bits per heavy atom. The lowest BCUT2D eigenvalue weighted by Crippen LogP contribution is -2.37. The minimum Gasteiger partial charge on any atom is -0.356 e. The first-order chi connectivity index (χ1) is 14.0. The number of nitrogens with one attached hydrogen (secondary N) is 1. The number of hydrogen-bond donors (Lipinski definition) is 1. The van der Waals surface area contributed by atoms with Crippen molar-refractivity contribution in [3.63, 3.8) is 0 Å². The Kier molecular flexibility index (Phi) is 7.06. The summed E-state index contributed by atoms with van der Waals surface area (Å²) in [6.07, 6.45) is 6.31. The van der Waals surface area contributed by atoms with Gasteiger partial charge in [0.05, 0.1) is 6.20 Å². The largest absolute Gasteiger partial charge is 0.356 e. The van der Waals surface area contributed by atoms with E-state index in [0.29, 0.717) is 24.8 Å². The molecule has 0 radical (unpaired) electrons. The first-order valence-corrected chi connectivity index (χ1v) is 10.6. The van der Waals surface area contributed by atoms with E-state index in [0.717, 1.165) is 56.1 Å². The lowest BCUT2D eigenvalue weighted by molar-refractivity contribution is -0.132. The lowest BCUT2D eigenvalue weighted by Gasteiger charge is -2.33. The molecular formula is C21H33N7O. The number of carbonyl (C=O) groups is 1. The molecule has 1 fully saturated rings. The van der Waals surface area contributed by atoms with E-state index < -0.39 is 0 Å². The Morgan fingerprint density at radius 1 is 1.31 bits per heavy atom. The fourth-order valence-electron chi connectivity index (χ4n) is 3.79. The topological polar surface area (TPSA) is 79.2 Å². The van der Waals surface area contributed by atoms with Gasteiger partial charge in [-0.15, -0.1) is 0 Å². The van der Waals surface area contributed by atoms with Crippen LogP contribution in [0.5, 0.6) is 0 Å². The van der Waals surface area contributed by atoms with Gasteiger partial charge in [0, 0.05) is 63.6 Å². The summed E-state index contributed by atoms with van der Waals surface area (Å²) in [6, 6.07) is 1.96. The zero-order valence-corrected chi connectivity index (χ0v) is 18.1. The van der Waals surface area contributed by atoms with Crippen LogP contribution in [-0.4, -0.2) is 56.7 Å². The van der Waals surface area contributed by atoms with Crippen LogP contribution in [0.2, 0.25) is 0 Å². The summed E-state index contributed by atoms with van der Waals surface area (Å²) in [5.74, 6) is 2.30. The lowest BCUT2D eigenvalue weighted by atomic mass is 9.93. The van der Waals surface area contributed by atoms with Gasteiger partial charge < -0.3 is 15.1 Å². The highest BCUT2D eigenvalue weighted by Crippen LogP contribution is 2.25. The minimum absolute atomic E-state index is 0.241. The predicted octanol–water partition coefficient (Wildman–Crippen LogP) is 2.61. The zero-order valence-electron chi connectivity index (χ0n) is 18.1. The maximum absolute atomic E-state index is 12.9. The molecule has 0 spiro atoms. The summed E-state index contributed by atoms with van der Waals surface area (Å²) < 4.78 is 1.86. The van der Waals surface area contributed by atoms with Crippen LogP contribution >= 0.6 is 0 Å². The van der Waals surface area contributed by atoms with Crippen molar-refractivity contribution in [1.82, 2.24) is 24.6 Å². The van der Waals surface area contributed by atoms with Crippen LogP contribution in [-0.2, 0) is 18.4 Å². The van der Waals surface area contributed by atoms with Crippen molar-refractivity contribution in [2.75, 3.05) is 36.4 Å².